The number of ether oxygens (including phenoxy) is 2. The van der Waals surface area contributed by atoms with E-state index in [1.165, 1.54) is 25.6 Å². The Morgan fingerprint density at radius 1 is 1.12 bits per heavy atom. The highest BCUT2D eigenvalue weighted by Gasteiger charge is 2.12. The Balaban J connectivity index is 1.90. The highest BCUT2D eigenvalue weighted by atomic mass is 32.1. The molecule has 3 aromatic rings. The molecule has 130 valence electrons. The summed E-state index contributed by atoms with van der Waals surface area (Å²) < 4.78 is 12.9. The van der Waals surface area contributed by atoms with Gasteiger partial charge in [0.15, 0.2) is 0 Å². The van der Waals surface area contributed by atoms with E-state index in [1.54, 1.807) is 28.8 Å². The highest BCUT2D eigenvalue weighted by molar-refractivity contribution is 7.16. The minimum Gasteiger partial charge on any atom is -0.497 e. The van der Waals surface area contributed by atoms with Gasteiger partial charge in [0.05, 0.1) is 24.4 Å². The zero-order valence-corrected chi connectivity index (χ0v) is 15.0. The summed E-state index contributed by atoms with van der Waals surface area (Å²) in [6.45, 7) is 2.55. The van der Waals surface area contributed by atoms with Crippen molar-refractivity contribution in [3.63, 3.8) is 0 Å². The average Bonchev–Trinajstić information content (AvgIpc) is 2.95. The number of hydrogen-bond donors (Lipinski definition) is 1. The molecule has 0 unspecified atom stereocenters. The van der Waals surface area contributed by atoms with Crippen LogP contribution in [0, 0.1) is 0 Å². The molecular formula is C18H18N2O4S. The number of nitrogens with zero attached hydrogens (tertiary/aromatic N) is 1. The number of aryl methyl sites for hydroxylation is 1. The fraction of sp³-hybridized carbons (Fsp3) is 0.222. The average molecular weight is 358 g/mol. The summed E-state index contributed by atoms with van der Waals surface area (Å²) in [5, 5.41) is 2.85. The maximum atomic E-state index is 12.5. The van der Waals surface area contributed by atoms with E-state index in [1.807, 2.05) is 19.1 Å². The van der Waals surface area contributed by atoms with Crippen LogP contribution in [0.5, 0.6) is 11.5 Å². The fourth-order valence-corrected chi connectivity index (χ4v) is 3.58. The third-order valence-corrected chi connectivity index (χ3v) is 4.80. The summed E-state index contributed by atoms with van der Waals surface area (Å²) in [6.07, 6.45) is 0. The maximum absolute atomic E-state index is 12.5. The van der Waals surface area contributed by atoms with Gasteiger partial charge in [-0.3, -0.25) is 14.2 Å². The Hall–Kier alpha value is -2.80. The summed E-state index contributed by atoms with van der Waals surface area (Å²) >= 11 is 1.17. The lowest BCUT2D eigenvalue weighted by Gasteiger charge is -2.09. The zero-order valence-electron chi connectivity index (χ0n) is 14.2. The second kappa shape index (κ2) is 6.98. The molecule has 1 amide bonds. The van der Waals surface area contributed by atoms with E-state index < -0.39 is 0 Å². The van der Waals surface area contributed by atoms with Gasteiger partial charge in [-0.15, -0.1) is 0 Å². The number of nitrogens with one attached hydrogen (secondary N) is 1. The lowest BCUT2D eigenvalue weighted by atomic mass is 10.1. The lowest BCUT2D eigenvalue weighted by Crippen LogP contribution is -2.12. The monoisotopic (exact) mass is 358 g/mol. The summed E-state index contributed by atoms with van der Waals surface area (Å²) in [7, 11) is 3.06. The largest absolute Gasteiger partial charge is 0.497 e. The van der Waals surface area contributed by atoms with Crippen molar-refractivity contribution >= 4 is 33.1 Å². The molecule has 0 aliphatic heterocycles. The first-order valence-corrected chi connectivity index (χ1v) is 8.55. The standard InChI is InChI=1S/C18H18N2O4S/c1-4-20-15-6-5-12(9-16(15)25-18(20)22)19-17(21)11-7-13(23-2)10-14(8-11)24-3/h5-10H,4H2,1-3H3,(H,19,21). The van der Waals surface area contributed by atoms with Gasteiger partial charge < -0.3 is 14.8 Å². The molecular weight excluding hydrogens is 340 g/mol. The van der Waals surface area contributed by atoms with Crippen molar-refractivity contribution in [3.8, 4) is 11.5 Å². The number of fused-ring (bicyclic) bond motifs is 1. The molecule has 3 rings (SSSR count). The summed E-state index contributed by atoms with van der Waals surface area (Å²) in [5.41, 5.74) is 1.93. The van der Waals surface area contributed by atoms with E-state index in [4.69, 9.17) is 9.47 Å². The van der Waals surface area contributed by atoms with Gasteiger partial charge in [0, 0.05) is 23.9 Å². The van der Waals surface area contributed by atoms with E-state index in [9.17, 15) is 9.59 Å². The van der Waals surface area contributed by atoms with Gasteiger partial charge in [0.25, 0.3) is 5.91 Å². The Labute approximate surface area is 148 Å². The molecule has 1 N–H and O–H groups in total. The van der Waals surface area contributed by atoms with Gasteiger partial charge in [-0.2, -0.15) is 0 Å². The van der Waals surface area contributed by atoms with Gasteiger partial charge in [0.2, 0.25) is 0 Å². The normalized spacial score (nSPS) is 10.7. The van der Waals surface area contributed by atoms with Crippen LogP contribution in [0.15, 0.2) is 41.2 Å². The number of hydrogen-bond acceptors (Lipinski definition) is 5. The molecule has 1 heterocycles. The predicted molar refractivity (Wildman–Crippen MR) is 99.3 cm³/mol. The van der Waals surface area contributed by atoms with Gasteiger partial charge >= 0.3 is 4.87 Å². The molecule has 1 aromatic heterocycles. The number of amides is 1. The van der Waals surface area contributed by atoms with Crippen molar-refractivity contribution in [2.75, 3.05) is 19.5 Å². The number of benzene rings is 2. The van der Waals surface area contributed by atoms with Crippen LogP contribution in [-0.4, -0.2) is 24.7 Å². The number of methoxy groups -OCH3 is 2. The molecule has 0 aliphatic rings. The number of carbonyl (C=O) groups excluding carboxylic acids is 1. The van der Waals surface area contributed by atoms with E-state index in [2.05, 4.69) is 5.32 Å². The summed E-state index contributed by atoms with van der Waals surface area (Å²) in [5.74, 6) is 0.801. The van der Waals surface area contributed by atoms with Crippen molar-refractivity contribution in [2.24, 2.45) is 0 Å². The van der Waals surface area contributed by atoms with Gasteiger partial charge in [-0.05, 0) is 37.3 Å². The van der Waals surface area contributed by atoms with Crippen LogP contribution in [0.4, 0.5) is 5.69 Å². The van der Waals surface area contributed by atoms with E-state index in [0.717, 1.165) is 10.2 Å². The van der Waals surface area contributed by atoms with Crippen LogP contribution in [0.25, 0.3) is 10.2 Å². The van der Waals surface area contributed by atoms with Crippen LogP contribution in [0.1, 0.15) is 17.3 Å². The highest BCUT2D eigenvalue weighted by Crippen LogP contribution is 2.25. The summed E-state index contributed by atoms with van der Waals surface area (Å²) in [6, 6.07) is 10.4. The summed E-state index contributed by atoms with van der Waals surface area (Å²) in [4.78, 5) is 24.5. The van der Waals surface area contributed by atoms with Crippen LogP contribution in [0.3, 0.4) is 0 Å². The second-order valence-electron chi connectivity index (χ2n) is 5.35. The molecule has 25 heavy (non-hydrogen) atoms. The topological polar surface area (TPSA) is 69.6 Å². The predicted octanol–water partition coefficient (Wildman–Crippen LogP) is 3.35. The number of thiazole rings is 1. The number of carbonyl (C=O) groups is 1. The van der Waals surface area contributed by atoms with Crippen molar-refractivity contribution in [1.82, 2.24) is 4.57 Å². The van der Waals surface area contributed by atoms with Crippen LogP contribution < -0.4 is 19.7 Å². The molecule has 0 spiro atoms. The molecule has 6 nitrogen and oxygen atoms in total. The molecule has 0 atom stereocenters. The Morgan fingerprint density at radius 3 is 2.40 bits per heavy atom. The van der Waals surface area contributed by atoms with Crippen molar-refractivity contribution in [2.45, 2.75) is 13.5 Å². The quantitative estimate of drug-likeness (QED) is 0.759. The first kappa shape index (κ1) is 17.0. The Morgan fingerprint density at radius 2 is 1.80 bits per heavy atom. The van der Waals surface area contributed by atoms with Gasteiger partial charge in [-0.1, -0.05) is 11.3 Å². The van der Waals surface area contributed by atoms with E-state index in [-0.39, 0.29) is 10.8 Å². The minimum absolute atomic E-state index is 0.00138. The van der Waals surface area contributed by atoms with E-state index in [0.29, 0.717) is 29.3 Å². The smallest absolute Gasteiger partial charge is 0.308 e. The molecule has 0 bridgehead atoms. The third-order valence-electron chi connectivity index (χ3n) is 3.86. The van der Waals surface area contributed by atoms with Crippen molar-refractivity contribution in [3.05, 3.63) is 51.6 Å². The molecule has 0 saturated heterocycles. The number of rotatable bonds is 5. The fourth-order valence-electron chi connectivity index (χ4n) is 2.59. The number of aromatic nitrogens is 1. The Kier molecular flexibility index (Phi) is 4.76. The third kappa shape index (κ3) is 3.36. The number of anilines is 1. The molecule has 0 radical (unpaired) electrons. The lowest BCUT2D eigenvalue weighted by molar-refractivity contribution is 0.102. The molecule has 2 aromatic carbocycles. The first-order valence-electron chi connectivity index (χ1n) is 7.73. The maximum Gasteiger partial charge on any atom is 0.308 e. The molecule has 0 fully saturated rings. The first-order chi connectivity index (χ1) is 12.0. The van der Waals surface area contributed by atoms with E-state index >= 15 is 0 Å². The van der Waals surface area contributed by atoms with Crippen molar-refractivity contribution in [1.29, 1.82) is 0 Å². The van der Waals surface area contributed by atoms with Crippen molar-refractivity contribution < 1.29 is 14.3 Å². The van der Waals surface area contributed by atoms with Crippen LogP contribution in [0.2, 0.25) is 0 Å². The Bertz CT molecular complexity index is 968. The van der Waals surface area contributed by atoms with Crippen LogP contribution in [-0.2, 0) is 6.54 Å². The SMILES string of the molecule is CCn1c(=O)sc2cc(NC(=O)c3cc(OC)cc(OC)c3)ccc21. The molecule has 7 heteroatoms. The second-order valence-corrected chi connectivity index (χ2v) is 6.34. The zero-order chi connectivity index (χ0) is 18.0. The minimum atomic E-state index is -0.279. The molecule has 0 aliphatic carbocycles. The molecule has 0 saturated carbocycles. The van der Waals surface area contributed by atoms with Crippen LogP contribution >= 0.6 is 11.3 Å². The van der Waals surface area contributed by atoms with Gasteiger partial charge in [0.1, 0.15) is 11.5 Å². The van der Waals surface area contributed by atoms with Gasteiger partial charge in [-0.25, -0.2) is 0 Å².